The minimum Gasteiger partial charge on any atom is -0.482 e. The molecule has 1 saturated heterocycles. The van der Waals surface area contributed by atoms with Crippen molar-refractivity contribution in [2.75, 3.05) is 29.5 Å². The van der Waals surface area contributed by atoms with E-state index in [1.165, 1.54) is 0 Å². The number of aryl methyl sites for hydroxylation is 1. The summed E-state index contributed by atoms with van der Waals surface area (Å²) in [6, 6.07) is 13.4. The number of anilines is 2. The van der Waals surface area contributed by atoms with E-state index in [2.05, 4.69) is 10.1 Å². The van der Waals surface area contributed by atoms with E-state index in [1.807, 2.05) is 56.3 Å². The highest BCUT2D eigenvalue weighted by Gasteiger charge is 2.35. The number of carbonyl (C=O) groups is 2. The first-order valence-corrected chi connectivity index (χ1v) is 10.8. The van der Waals surface area contributed by atoms with Crippen LogP contribution in [0, 0.1) is 6.92 Å². The summed E-state index contributed by atoms with van der Waals surface area (Å²) in [5.41, 5.74) is 3.47. The summed E-state index contributed by atoms with van der Waals surface area (Å²) in [7, 11) is 0. The van der Waals surface area contributed by atoms with E-state index in [0.717, 1.165) is 23.2 Å². The Morgan fingerprint density at radius 1 is 1.09 bits per heavy atom. The van der Waals surface area contributed by atoms with Gasteiger partial charge in [-0.15, -0.1) is 0 Å². The molecule has 0 saturated carbocycles. The fourth-order valence-electron chi connectivity index (χ4n) is 4.18. The SMILES string of the molecule is CCCN1C(=O)COc2ccc(-c3noc(C4CC(=O)N(c5ccc(C)cc5)C4)n3)cc21. The highest BCUT2D eigenvalue weighted by molar-refractivity contribution is 5.98. The van der Waals surface area contributed by atoms with Gasteiger partial charge < -0.3 is 19.1 Å². The summed E-state index contributed by atoms with van der Waals surface area (Å²) < 4.78 is 11.1. The van der Waals surface area contributed by atoms with Crippen LogP contribution in [0.3, 0.4) is 0 Å². The highest BCUT2D eigenvalue weighted by Crippen LogP contribution is 2.37. The van der Waals surface area contributed by atoms with Gasteiger partial charge in [-0.25, -0.2) is 0 Å². The quantitative estimate of drug-likeness (QED) is 0.611. The van der Waals surface area contributed by atoms with Crippen molar-refractivity contribution >= 4 is 23.2 Å². The first kappa shape index (κ1) is 20.2. The Hall–Kier alpha value is -3.68. The summed E-state index contributed by atoms with van der Waals surface area (Å²) in [6.45, 7) is 5.21. The second-order valence-corrected chi connectivity index (χ2v) is 8.21. The van der Waals surface area contributed by atoms with Crippen molar-refractivity contribution < 1.29 is 18.8 Å². The van der Waals surface area contributed by atoms with Crippen LogP contribution in [-0.4, -0.2) is 41.7 Å². The van der Waals surface area contributed by atoms with Crippen LogP contribution in [0.4, 0.5) is 11.4 Å². The third-order valence-electron chi connectivity index (χ3n) is 5.87. The van der Waals surface area contributed by atoms with Gasteiger partial charge in [-0.2, -0.15) is 4.98 Å². The van der Waals surface area contributed by atoms with Gasteiger partial charge in [0.2, 0.25) is 17.6 Å². The Labute approximate surface area is 185 Å². The van der Waals surface area contributed by atoms with Gasteiger partial charge in [0.25, 0.3) is 5.91 Å². The lowest BCUT2D eigenvalue weighted by atomic mass is 10.1. The Balaban J connectivity index is 1.38. The molecule has 8 heteroatoms. The molecule has 8 nitrogen and oxygen atoms in total. The van der Waals surface area contributed by atoms with Crippen LogP contribution in [0.15, 0.2) is 47.0 Å². The number of fused-ring (bicyclic) bond motifs is 1. The van der Waals surface area contributed by atoms with Crippen molar-refractivity contribution in [3.05, 3.63) is 53.9 Å². The lowest BCUT2D eigenvalue weighted by molar-refractivity contribution is -0.121. The molecule has 0 radical (unpaired) electrons. The number of aromatic nitrogens is 2. The molecule has 0 aliphatic carbocycles. The molecule has 164 valence electrons. The van der Waals surface area contributed by atoms with Crippen LogP contribution >= 0.6 is 0 Å². The molecule has 1 atom stereocenters. The summed E-state index contributed by atoms with van der Waals surface area (Å²) in [4.78, 5) is 33.0. The van der Waals surface area contributed by atoms with Crippen LogP contribution in [0.5, 0.6) is 5.75 Å². The second-order valence-electron chi connectivity index (χ2n) is 8.21. The molecule has 2 amide bonds. The van der Waals surface area contributed by atoms with Crippen molar-refractivity contribution in [3.8, 4) is 17.1 Å². The Morgan fingerprint density at radius 2 is 1.91 bits per heavy atom. The van der Waals surface area contributed by atoms with E-state index in [4.69, 9.17) is 9.26 Å². The molecule has 0 bridgehead atoms. The number of benzene rings is 2. The van der Waals surface area contributed by atoms with Gasteiger partial charge in [0.1, 0.15) is 5.75 Å². The predicted octanol–water partition coefficient (Wildman–Crippen LogP) is 3.70. The molecule has 2 aliphatic rings. The van der Waals surface area contributed by atoms with E-state index < -0.39 is 0 Å². The number of hydrogen-bond donors (Lipinski definition) is 0. The fraction of sp³-hybridized carbons (Fsp3) is 0.333. The first-order valence-electron chi connectivity index (χ1n) is 10.8. The fourth-order valence-corrected chi connectivity index (χ4v) is 4.18. The summed E-state index contributed by atoms with van der Waals surface area (Å²) >= 11 is 0. The maximum absolute atomic E-state index is 12.6. The van der Waals surface area contributed by atoms with Crippen LogP contribution in [0.25, 0.3) is 11.4 Å². The highest BCUT2D eigenvalue weighted by atomic mass is 16.5. The van der Waals surface area contributed by atoms with Crippen molar-refractivity contribution in [1.82, 2.24) is 10.1 Å². The molecule has 0 spiro atoms. The van der Waals surface area contributed by atoms with Crippen molar-refractivity contribution in [3.63, 3.8) is 0 Å². The third kappa shape index (κ3) is 3.62. The van der Waals surface area contributed by atoms with Crippen molar-refractivity contribution in [2.45, 2.75) is 32.6 Å². The standard InChI is InChI=1S/C24H24N4O4/c1-3-10-27-19-11-16(6-9-20(19)31-14-22(27)30)23-25-24(32-26-23)17-12-21(29)28(13-17)18-7-4-15(2)5-8-18/h4-9,11,17H,3,10,12-14H2,1-2H3. The molecular weight excluding hydrogens is 408 g/mol. The van der Waals surface area contributed by atoms with E-state index in [0.29, 0.717) is 42.7 Å². The lowest BCUT2D eigenvalue weighted by Crippen LogP contribution is -2.39. The normalized spacial score (nSPS) is 18.1. The molecule has 1 unspecified atom stereocenters. The Kier molecular flexibility index (Phi) is 5.13. The molecule has 32 heavy (non-hydrogen) atoms. The Morgan fingerprint density at radius 3 is 2.69 bits per heavy atom. The summed E-state index contributed by atoms with van der Waals surface area (Å²) in [5.74, 6) is 1.35. The van der Waals surface area contributed by atoms with Gasteiger partial charge in [-0.1, -0.05) is 29.8 Å². The molecule has 1 fully saturated rings. The molecule has 3 heterocycles. The van der Waals surface area contributed by atoms with Gasteiger partial charge >= 0.3 is 0 Å². The number of ether oxygens (including phenoxy) is 1. The van der Waals surface area contributed by atoms with Crippen molar-refractivity contribution in [2.24, 2.45) is 0 Å². The van der Waals surface area contributed by atoms with Gasteiger partial charge in [0.15, 0.2) is 6.61 Å². The van der Waals surface area contributed by atoms with E-state index in [9.17, 15) is 9.59 Å². The maximum Gasteiger partial charge on any atom is 0.265 e. The predicted molar refractivity (Wildman–Crippen MR) is 119 cm³/mol. The monoisotopic (exact) mass is 432 g/mol. The largest absolute Gasteiger partial charge is 0.482 e. The smallest absolute Gasteiger partial charge is 0.265 e. The number of carbonyl (C=O) groups excluding carboxylic acids is 2. The number of rotatable bonds is 5. The molecule has 3 aromatic rings. The average Bonchev–Trinajstić information content (AvgIpc) is 3.43. The van der Waals surface area contributed by atoms with Crippen LogP contribution in [-0.2, 0) is 9.59 Å². The number of nitrogens with zero attached hydrogens (tertiary/aromatic N) is 4. The van der Waals surface area contributed by atoms with Gasteiger partial charge in [0.05, 0.1) is 11.6 Å². The van der Waals surface area contributed by atoms with Crippen molar-refractivity contribution in [1.29, 1.82) is 0 Å². The zero-order valence-electron chi connectivity index (χ0n) is 18.1. The van der Waals surface area contributed by atoms with Crippen LogP contribution in [0.2, 0.25) is 0 Å². The number of hydrogen-bond acceptors (Lipinski definition) is 6. The molecule has 2 aromatic carbocycles. The van der Waals surface area contributed by atoms with Gasteiger partial charge in [-0.3, -0.25) is 9.59 Å². The van der Waals surface area contributed by atoms with E-state index in [1.54, 1.807) is 9.80 Å². The van der Waals surface area contributed by atoms with E-state index in [-0.39, 0.29) is 24.3 Å². The average molecular weight is 432 g/mol. The van der Waals surface area contributed by atoms with E-state index >= 15 is 0 Å². The third-order valence-corrected chi connectivity index (χ3v) is 5.87. The van der Waals surface area contributed by atoms with Crippen LogP contribution in [0.1, 0.15) is 37.1 Å². The zero-order chi connectivity index (χ0) is 22.2. The van der Waals surface area contributed by atoms with Gasteiger partial charge in [-0.05, 0) is 43.7 Å². The molecule has 0 N–H and O–H groups in total. The van der Waals surface area contributed by atoms with Crippen LogP contribution < -0.4 is 14.5 Å². The number of amides is 2. The molecule has 1 aromatic heterocycles. The maximum atomic E-state index is 12.6. The molecule has 5 rings (SSSR count). The second kappa shape index (κ2) is 8.11. The first-order chi connectivity index (χ1) is 15.5. The lowest BCUT2D eigenvalue weighted by Gasteiger charge is -2.29. The Bertz CT molecular complexity index is 1170. The summed E-state index contributed by atoms with van der Waals surface area (Å²) in [5, 5.41) is 4.14. The minimum atomic E-state index is -0.163. The molecule has 2 aliphatic heterocycles. The van der Waals surface area contributed by atoms with Gasteiger partial charge in [0, 0.05) is 30.8 Å². The molecular formula is C24H24N4O4. The topological polar surface area (TPSA) is 88.8 Å². The summed E-state index contributed by atoms with van der Waals surface area (Å²) in [6.07, 6.45) is 1.17. The zero-order valence-corrected chi connectivity index (χ0v) is 18.1. The minimum absolute atomic E-state index is 0.0400.